The van der Waals surface area contributed by atoms with Crippen molar-refractivity contribution in [1.29, 1.82) is 0 Å². The molecule has 34 heavy (non-hydrogen) atoms. The number of carbonyl (C=O) groups excluding carboxylic acids is 1. The SMILES string of the molecule is CCn1c(C(F)(F)F)nc2c(N3C[C@@H]4CCCN4c4nc(NC)ncc4C3=O)cccc2c1=O. The van der Waals surface area contributed by atoms with Gasteiger partial charge in [0.2, 0.25) is 11.8 Å². The van der Waals surface area contributed by atoms with E-state index in [-0.39, 0.29) is 41.3 Å². The molecule has 0 unspecified atom stereocenters. The monoisotopic (exact) mass is 473 g/mol. The maximum atomic E-state index is 13.8. The molecule has 0 saturated carbocycles. The van der Waals surface area contributed by atoms with Crippen molar-refractivity contribution in [2.24, 2.45) is 0 Å². The summed E-state index contributed by atoms with van der Waals surface area (Å²) in [5.41, 5.74) is -0.545. The number of benzene rings is 1. The molecule has 2 aliphatic heterocycles. The zero-order valence-electron chi connectivity index (χ0n) is 18.6. The number of rotatable bonds is 3. The fraction of sp³-hybridized carbons (Fsp3) is 0.409. The Morgan fingerprint density at radius 1 is 1.21 bits per heavy atom. The van der Waals surface area contributed by atoms with Crippen LogP contribution in [-0.4, -0.2) is 51.6 Å². The molecule has 0 spiro atoms. The maximum absolute atomic E-state index is 13.8. The van der Waals surface area contributed by atoms with Gasteiger partial charge in [-0.05, 0) is 31.9 Å². The van der Waals surface area contributed by atoms with E-state index in [1.165, 1.54) is 30.2 Å². The Labute approximate surface area is 192 Å². The molecule has 0 bridgehead atoms. The normalized spacial score (nSPS) is 18.1. The fourth-order valence-electron chi connectivity index (χ4n) is 4.77. The van der Waals surface area contributed by atoms with E-state index in [0.29, 0.717) is 22.9 Å². The first-order chi connectivity index (χ1) is 16.2. The summed E-state index contributed by atoms with van der Waals surface area (Å²) in [5, 5.41) is 2.89. The molecule has 178 valence electrons. The highest BCUT2D eigenvalue weighted by Gasteiger charge is 2.40. The zero-order chi connectivity index (χ0) is 24.2. The van der Waals surface area contributed by atoms with Gasteiger partial charge in [0.15, 0.2) is 0 Å². The average molecular weight is 473 g/mol. The highest BCUT2D eigenvalue weighted by molar-refractivity contribution is 6.13. The van der Waals surface area contributed by atoms with Gasteiger partial charge in [0.1, 0.15) is 16.9 Å². The Bertz CT molecular complexity index is 1350. The summed E-state index contributed by atoms with van der Waals surface area (Å²) >= 11 is 0. The van der Waals surface area contributed by atoms with Gasteiger partial charge >= 0.3 is 6.18 Å². The summed E-state index contributed by atoms with van der Waals surface area (Å²) in [4.78, 5) is 42.6. The minimum Gasteiger partial charge on any atom is -0.357 e. The lowest BCUT2D eigenvalue weighted by atomic mass is 10.1. The van der Waals surface area contributed by atoms with Crippen LogP contribution in [0.25, 0.3) is 10.9 Å². The van der Waals surface area contributed by atoms with E-state index >= 15 is 0 Å². The van der Waals surface area contributed by atoms with E-state index < -0.39 is 23.5 Å². The second kappa shape index (κ2) is 7.96. The van der Waals surface area contributed by atoms with Gasteiger partial charge in [-0.1, -0.05) is 6.07 Å². The van der Waals surface area contributed by atoms with Crippen molar-refractivity contribution in [1.82, 2.24) is 19.5 Å². The van der Waals surface area contributed by atoms with Crippen LogP contribution in [0.3, 0.4) is 0 Å². The van der Waals surface area contributed by atoms with Crippen molar-refractivity contribution in [2.45, 2.75) is 38.5 Å². The van der Waals surface area contributed by atoms with Crippen LogP contribution >= 0.6 is 0 Å². The maximum Gasteiger partial charge on any atom is 0.449 e. The molecule has 2 aromatic heterocycles. The van der Waals surface area contributed by atoms with Crippen molar-refractivity contribution in [2.75, 3.05) is 35.3 Å². The highest BCUT2D eigenvalue weighted by atomic mass is 19.4. The molecule has 2 aliphatic rings. The van der Waals surface area contributed by atoms with Crippen LogP contribution < -0.4 is 20.7 Å². The Morgan fingerprint density at radius 2 is 2.00 bits per heavy atom. The van der Waals surface area contributed by atoms with Crippen LogP contribution in [0, 0.1) is 0 Å². The van der Waals surface area contributed by atoms with Crippen molar-refractivity contribution >= 4 is 34.3 Å². The summed E-state index contributed by atoms with van der Waals surface area (Å²) in [6.45, 7) is 2.20. The molecule has 12 heteroatoms. The number of alkyl halides is 3. The van der Waals surface area contributed by atoms with Crippen molar-refractivity contribution in [3.05, 3.63) is 46.1 Å². The number of aromatic nitrogens is 4. The molecule has 1 aromatic carbocycles. The molecule has 1 amide bonds. The predicted molar refractivity (Wildman–Crippen MR) is 120 cm³/mol. The van der Waals surface area contributed by atoms with Gasteiger partial charge in [-0.3, -0.25) is 14.2 Å². The summed E-state index contributed by atoms with van der Waals surface area (Å²) in [6, 6.07) is 4.43. The van der Waals surface area contributed by atoms with E-state index in [0.717, 1.165) is 12.8 Å². The molecule has 4 heterocycles. The molecule has 5 rings (SSSR count). The number of fused-ring (bicyclic) bond motifs is 4. The molecule has 1 saturated heterocycles. The number of anilines is 3. The Balaban J connectivity index is 1.74. The van der Waals surface area contributed by atoms with Gasteiger partial charge in [-0.25, -0.2) is 9.97 Å². The first-order valence-electron chi connectivity index (χ1n) is 11.0. The third-order valence-corrected chi connectivity index (χ3v) is 6.33. The quantitative estimate of drug-likeness (QED) is 0.625. The average Bonchev–Trinajstić information content (AvgIpc) is 3.25. The zero-order valence-corrected chi connectivity index (χ0v) is 18.6. The van der Waals surface area contributed by atoms with Crippen LogP contribution in [0.15, 0.2) is 29.2 Å². The Hall–Kier alpha value is -3.70. The smallest absolute Gasteiger partial charge is 0.357 e. The van der Waals surface area contributed by atoms with E-state index in [1.54, 1.807) is 13.1 Å². The van der Waals surface area contributed by atoms with Crippen LogP contribution in [0.2, 0.25) is 0 Å². The fourth-order valence-corrected chi connectivity index (χ4v) is 4.77. The topological polar surface area (TPSA) is 96.2 Å². The van der Waals surface area contributed by atoms with Crippen molar-refractivity contribution < 1.29 is 18.0 Å². The van der Waals surface area contributed by atoms with Gasteiger partial charge in [-0.15, -0.1) is 0 Å². The van der Waals surface area contributed by atoms with Crippen LogP contribution in [0.4, 0.5) is 30.6 Å². The predicted octanol–water partition coefficient (Wildman–Crippen LogP) is 2.90. The lowest BCUT2D eigenvalue weighted by Crippen LogP contribution is -2.40. The molecule has 1 N–H and O–H groups in total. The molecular formula is C22H22F3N7O2. The number of hydrogen-bond acceptors (Lipinski definition) is 7. The minimum absolute atomic E-state index is 0.0229. The van der Waals surface area contributed by atoms with Gasteiger partial charge in [0.05, 0.1) is 11.1 Å². The number of nitrogens with one attached hydrogen (secondary N) is 1. The van der Waals surface area contributed by atoms with Crippen molar-refractivity contribution in [3.63, 3.8) is 0 Å². The largest absolute Gasteiger partial charge is 0.449 e. The minimum atomic E-state index is -4.83. The van der Waals surface area contributed by atoms with Gasteiger partial charge in [0.25, 0.3) is 11.5 Å². The summed E-state index contributed by atoms with van der Waals surface area (Å²) in [5.74, 6) is -0.874. The lowest BCUT2D eigenvalue weighted by Gasteiger charge is -2.27. The summed E-state index contributed by atoms with van der Waals surface area (Å²) < 4.78 is 41.9. The van der Waals surface area contributed by atoms with E-state index in [1.807, 2.05) is 4.90 Å². The van der Waals surface area contributed by atoms with Crippen LogP contribution in [0.5, 0.6) is 0 Å². The summed E-state index contributed by atoms with van der Waals surface area (Å²) in [7, 11) is 1.68. The van der Waals surface area contributed by atoms with E-state index in [4.69, 9.17) is 0 Å². The summed E-state index contributed by atoms with van der Waals surface area (Å²) in [6.07, 6.45) is -1.73. The second-order valence-electron chi connectivity index (χ2n) is 8.24. The number of amides is 1. The van der Waals surface area contributed by atoms with Gasteiger partial charge in [-0.2, -0.15) is 18.2 Å². The first-order valence-corrected chi connectivity index (χ1v) is 11.0. The second-order valence-corrected chi connectivity index (χ2v) is 8.24. The van der Waals surface area contributed by atoms with Crippen LogP contribution in [0.1, 0.15) is 35.9 Å². The molecule has 3 aromatic rings. The molecular weight excluding hydrogens is 451 g/mol. The van der Waals surface area contributed by atoms with Crippen molar-refractivity contribution in [3.8, 4) is 0 Å². The molecule has 9 nitrogen and oxygen atoms in total. The lowest BCUT2D eigenvalue weighted by molar-refractivity contribution is -0.147. The van der Waals surface area contributed by atoms with Crippen LogP contribution in [-0.2, 0) is 12.7 Å². The third kappa shape index (κ3) is 3.35. The molecule has 0 radical (unpaired) electrons. The number of carbonyl (C=O) groups is 1. The van der Waals surface area contributed by atoms with E-state index in [2.05, 4.69) is 20.3 Å². The number of halogens is 3. The number of hydrogen-bond donors (Lipinski definition) is 1. The number of nitrogens with zero attached hydrogens (tertiary/aromatic N) is 6. The Morgan fingerprint density at radius 3 is 2.71 bits per heavy atom. The van der Waals surface area contributed by atoms with Gasteiger partial charge < -0.3 is 15.1 Å². The number of para-hydroxylation sites is 1. The highest BCUT2D eigenvalue weighted by Crippen LogP contribution is 2.36. The third-order valence-electron chi connectivity index (χ3n) is 6.33. The van der Waals surface area contributed by atoms with E-state index in [9.17, 15) is 22.8 Å². The molecule has 1 atom stereocenters. The Kier molecular flexibility index (Phi) is 5.18. The standard InChI is InChI=1S/C22H22F3N7O2/c1-3-30-18(33)13-7-4-8-15(16(13)28-20(30)22(23,24)25)32-11-12-6-5-9-31(12)17-14(19(32)34)10-27-21(26-2)29-17/h4,7-8,10,12H,3,5-6,9,11H2,1-2H3,(H,26,27,29)/t12-/m0/s1. The first kappa shape index (κ1) is 22.1. The van der Waals surface area contributed by atoms with Gasteiger partial charge in [0, 0.05) is 38.9 Å². The molecule has 1 fully saturated rings. The molecule has 0 aliphatic carbocycles.